The number of hydrogen-bond acceptors (Lipinski definition) is 6. The molecule has 196 valence electrons. The maximum atomic E-state index is 14.0. The van der Waals surface area contributed by atoms with Gasteiger partial charge in [-0.25, -0.2) is 31.7 Å². The highest BCUT2D eigenvalue weighted by Crippen LogP contribution is 2.33. The molecule has 0 aliphatic carbocycles. The summed E-state index contributed by atoms with van der Waals surface area (Å²) in [6.07, 6.45) is 2.94. The summed E-state index contributed by atoms with van der Waals surface area (Å²) in [5.41, 5.74) is 2.08. The summed E-state index contributed by atoms with van der Waals surface area (Å²) in [4.78, 5) is 21.6. The number of benzene rings is 2. The number of aromatic nitrogens is 2. The molecule has 2 heterocycles. The van der Waals surface area contributed by atoms with Crippen molar-refractivity contribution in [3.8, 4) is 17.0 Å². The van der Waals surface area contributed by atoms with Gasteiger partial charge in [0.2, 0.25) is 5.88 Å². The molecule has 0 fully saturated rings. The maximum Gasteiger partial charge on any atom is 0.329 e. The average molecular weight is 539 g/mol. The van der Waals surface area contributed by atoms with Crippen LogP contribution in [0.4, 0.5) is 13.6 Å². The summed E-state index contributed by atoms with van der Waals surface area (Å²) >= 11 is 0. The first-order valence-corrected chi connectivity index (χ1v) is 12.9. The maximum absolute atomic E-state index is 14.0. The van der Waals surface area contributed by atoms with Crippen LogP contribution >= 0.6 is 0 Å². The molecule has 0 unspecified atom stereocenters. The number of hydrogen-bond donors (Lipinski definition) is 2. The fraction of sp³-hybridized carbons (Fsp3) is 0.148. The van der Waals surface area contributed by atoms with Crippen LogP contribution in [0, 0.1) is 18.6 Å². The zero-order chi connectivity index (χ0) is 27.3. The molecule has 0 saturated carbocycles. The van der Waals surface area contributed by atoms with Gasteiger partial charge in [0.05, 0.1) is 23.7 Å². The molecule has 2 aromatic heterocycles. The minimum atomic E-state index is -4.21. The van der Waals surface area contributed by atoms with Crippen LogP contribution in [-0.4, -0.2) is 31.5 Å². The minimum Gasteiger partial charge on any atom is -0.481 e. The van der Waals surface area contributed by atoms with Gasteiger partial charge in [-0.1, -0.05) is 24.3 Å². The van der Waals surface area contributed by atoms with Gasteiger partial charge in [-0.3, -0.25) is 4.98 Å². The van der Waals surface area contributed by atoms with Crippen molar-refractivity contribution in [2.45, 2.75) is 24.3 Å². The standard InChI is InChI=1S/C27H24F2N4O4S/c1-17-7-3-4-10-24(17)38(35,36)33-27(34)32-23(15-18-13-19(28)16-20(29)14-18)25-21(8-5-11-30-25)22-9-6-12-31-26(22)37-2/h3-14,16,23H,15H2,1-2H3,(H2,32,33,34)/t23-/m0/s1. The van der Waals surface area contributed by atoms with Crippen LogP contribution in [0.25, 0.3) is 11.1 Å². The average Bonchev–Trinajstić information content (AvgIpc) is 2.87. The predicted molar refractivity (Wildman–Crippen MR) is 137 cm³/mol. The van der Waals surface area contributed by atoms with E-state index in [2.05, 4.69) is 15.3 Å². The Hall–Kier alpha value is -4.38. The van der Waals surface area contributed by atoms with E-state index in [0.29, 0.717) is 28.3 Å². The van der Waals surface area contributed by atoms with E-state index in [0.717, 1.165) is 18.2 Å². The van der Waals surface area contributed by atoms with Gasteiger partial charge in [-0.05, 0) is 60.9 Å². The Labute approximate surface area is 218 Å². The highest BCUT2D eigenvalue weighted by molar-refractivity contribution is 7.90. The molecule has 4 aromatic rings. The van der Waals surface area contributed by atoms with Gasteiger partial charge in [0, 0.05) is 29.6 Å². The number of carbonyl (C=O) groups excluding carboxylic acids is 1. The van der Waals surface area contributed by atoms with E-state index in [4.69, 9.17) is 4.74 Å². The van der Waals surface area contributed by atoms with Crippen LogP contribution in [0.15, 0.2) is 84.0 Å². The number of amides is 2. The summed E-state index contributed by atoms with van der Waals surface area (Å²) in [6.45, 7) is 1.61. The molecule has 4 rings (SSSR count). The third-order valence-corrected chi connectivity index (χ3v) is 7.19. The van der Waals surface area contributed by atoms with Gasteiger partial charge in [0.25, 0.3) is 10.0 Å². The molecule has 0 aliphatic rings. The monoisotopic (exact) mass is 538 g/mol. The van der Waals surface area contributed by atoms with Crippen LogP contribution < -0.4 is 14.8 Å². The van der Waals surface area contributed by atoms with Crippen LogP contribution in [0.2, 0.25) is 0 Å². The molecule has 2 N–H and O–H groups in total. The summed E-state index contributed by atoms with van der Waals surface area (Å²) in [7, 11) is -2.75. The third-order valence-electron chi connectivity index (χ3n) is 5.70. The van der Waals surface area contributed by atoms with Crippen molar-refractivity contribution in [1.82, 2.24) is 20.0 Å². The Kier molecular flexibility index (Phi) is 7.96. The zero-order valence-corrected chi connectivity index (χ0v) is 21.3. The first kappa shape index (κ1) is 26.7. The lowest BCUT2D eigenvalue weighted by atomic mass is 9.96. The lowest BCUT2D eigenvalue weighted by molar-refractivity contribution is 0.242. The topological polar surface area (TPSA) is 110 Å². The number of methoxy groups -OCH3 is 1. The first-order valence-electron chi connectivity index (χ1n) is 11.5. The Bertz CT molecular complexity index is 1560. The number of aryl methyl sites for hydroxylation is 1. The normalized spacial score (nSPS) is 12.0. The molecule has 38 heavy (non-hydrogen) atoms. The lowest BCUT2D eigenvalue weighted by Crippen LogP contribution is -2.42. The molecule has 0 spiro atoms. The number of pyridine rings is 2. The molecule has 11 heteroatoms. The van der Waals surface area contributed by atoms with Crippen LogP contribution in [0.3, 0.4) is 0 Å². The second-order valence-electron chi connectivity index (χ2n) is 8.38. The van der Waals surface area contributed by atoms with Crippen LogP contribution in [-0.2, 0) is 16.4 Å². The molecule has 8 nitrogen and oxygen atoms in total. The second kappa shape index (κ2) is 11.3. The van der Waals surface area contributed by atoms with Crippen molar-refractivity contribution < 1.29 is 26.7 Å². The number of sulfonamides is 1. The number of rotatable bonds is 8. The van der Waals surface area contributed by atoms with E-state index in [1.54, 1.807) is 55.6 Å². The van der Waals surface area contributed by atoms with Gasteiger partial charge < -0.3 is 10.1 Å². The lowest BCUT2D eigenvalue weighted by Gasteiger charge is -2.22. The highest BCUT2D eigenvalue weighted by atomic mass is 32.2. The fourth-order valence-corrected chi connectivity index (χ4v) is 5.25. The molecule has 0 saturated heterocycles. The first-order chi connectivity index (χ1) is 18.2. The van der Waals surface area contributed by atoms with Crippen molar-refractivity contribution in [3.63, 3.8) is 0 Å². The van der Waals surface area contributed by atoms with Gasteiger partial charge in [-0.15, -0.1) is 0 Å². The minimum absolute atomic E-state index is 0.0578. The smallest absolute Gasteiger partial charge is 0.329 e. The number of carbonyl (C=O) groups is 1. The summed E-state index contributed by atoms with van der Waals surface area (Å²) in [5, 5.41) is 2.62. The van der Waals surface area contributed by atoms with Gasteiger partial charge >= 0.3 is 6.03 Å². The molecule has 0 aliphatic heterocycles. The predicted octanol–water partition coefficient (Wildman–Crippen LogP) is 4.71. The number of nitrogens with one attached hydrogen (secondary N) is 2. The molecule has 2 amide bonds. The van der Waals surface area contributed by atoms with Crippen LogP contribution in [0.5, 0.6) is 5.88 Å². The second-order valence-corrected chi connectivity index (χ2v) is 10.0. The largest absolute Gasteiger partial charge is 0.481 e. The van der Waals surface area contributed by atoms with Crippen molar-refractivity contribution in [3.05, 3.63) is 108 Å². The Morgan fingerprint density at radius 3 is 2.29 bits per heavy atom. The number of urea groups is 1. The Balaban J connectivity index is 1.73. The quantitative estimate of drug-likeness (QED) is 0.336. The van der Waals surface area contributed by atoms with Crippen LogP contribution in [0.1, 0.15) is 22.9 Å². The third kappa shape index (κ3) is 6.12. The van der Waals surface area contributed by atoms with E-state index in [9.17, 15) is 22.0 Å². The van der Waals surface area contributed by atoms with Crippen molar-refractivity contribution in [2.75, 3.05) is 7.11 Å². The van der Waals surface area contributed by atoms with Gasteiger partial charge in [-0.2, -0.15) is 0 Å². The van der Waals surface area contributed by atoms with E-state index in [-0.39, 0.29) is 16.9 Å². The number of halogens is 2. The van der Waals surface area contributed by atoms with E-state index >= 15 is 0 Å². The summed E-state index contributed by atoms with van der Waals surface area (Å²) in [5.74, 6) is -1.29. The van der Waals surface area contributed by atoms with Crippen molar-refractivity contribution in [1.29, 1.82) is 0 Å². The van der Waals surface area contributed by atoms with Gasteiger partial charge in [0.1, 0.15) is 11.6 Å². The molecule has 0 radical (unpaired) electrons. The van der Waals surface area contributed by atoms with Gasteiger partial charge in [0.15, 0.2) is 0 Å². The molecular formula is C27H24F2N4O4S. The SMILES string of the molecule is COc1ncccc1-c1cccnc1[C@H](Cc1cc(F)cc(F)c1)NC(=O)NS(=O)(=O)c1ccccc1C. The Morgan fingerprint density at radius 2 is 1.61 bits per heavy atom. The number of nitrogens with zero attached hydrogens (tertiary/aromatic N) is 2. The van der Waals surface area contributed by atoms with Crippen molar-refractivity contribution >= 4 is 16.1 Å². The fourth-order valence-electron chi connectivity index (χ4n) is 4.08. The summed E-state index contributed by atoms with van der Waals surface area (Å²) in [6, 6.07) is 14.0. The Morgan fingerprint density at radius 1 is 0.947 bits per heavy atom. The molecule has 0 bridgehead atoms. The summed E-state index contributed by atoms with van der Waals surface area (Å²) < 4.78 is 61.1. The van der Waals surface area contributed by atoms with E-state index in [1.807, 2.05) is 4.72 Å². The van der Waals surface area contributed by atoms with Crippen molar-refractivity contribution in [2.24, 2.45) is 0 Å². The van der Waals surface area contributed by atoms with E-state index in [1.165, 1.54) is 19.4 Å². The van der Waals surface area contributed by atoms with E-state index < -0.39 is 33.7 Å². The zero-order valence-electron chi connectivity index (χ0n) is 20.5. The highest BCUT2D eigenvalue weighted by Gasteiger charge is 2.26. The number of ether oxygens (including phenoxy) is 1. The molecule has 2 aromatic carbocycles. The molecule has 1 atom stereocenters. The molecular weight excluding hydrogens is 514 g/mol.